The molecule has 0 saturated carbocycles. The lowest BCUT2D eigenvalue weighted by Crippen LogP contribution is -1.84. The summed E-state index contributed by atoms with van der Waals surface area (Å²) in [6.07, 6.45) is 0.582. The van der Waals surface area contributed by atoms with Crippen molar-refractivity contribution in [2.75, 3.05) is 0 Å². The van der Waals surface area contributed by atoms with Crippen LogP contribution in [-0.4, -0.2) is 15.1 Å². The van der Waals surface area contributed by atoms with Gasteiger partial charge in [0, 0.05) is 0 Å². The van der Waals surface area contributed by atoms with Gasteiger partial charge >= 0.3 is 0 Å². The molecular formula is C17H12N4OS2. The molecule has 0 radical (unpaired) electrons. The molecule has 1 N–H and O–H groups in total. The average molecular weight is 352 g/mol. The molecule has 0 spiro atoms. The molecule has 0 unspecified atom stereocenters. The van der Waals surface area contributed by atoms with Gasteiger partial charge in [0.2, 0.25) is 5.00 Å². The molecule has 4 aromatic rings. The Balaban J connectivity index is 1.55. The Bertz CT molecular complexity index is 975. The van der Waals surface area contributed by atoms with Crippen LogP contribution in [0.2, 0.25) is 0 Å². The SMILES string of the molecule is Oc1nc(Cc2nc3ccccc3s2)sc1N=Nc1ccccc1. The molecule has 24 heavy (non-hydrogen) atoms. The van der Waals surface area contributed by atoms with Crippen molar-refractivity contribution in [2.24, 2.45) is 10.2 Å². The van der Waals surface area contributed by atoms with Crippen LogP contribution in [0, 0.1) is 0 Å². The van der Waals surface area contributed by atoms with Gasteiger partial charge in [-0.3, -0.25) is 0 Å². The van der Waals surface area contributed by atoms with Crippen LogP contribution in [0.3, 0.4) is 0 Å². The highest BCUT2D eigenvalue weighted by Crippen LogP contribution is 2.36. The minimum absolute atomic E-state index is 0.0872. The van der Waals surface area contributed by atoms with Crippen molar-refractivity contribution in [3.63, 3.8) is 0 Å². The van der Waals surface area contributed by atoms with Gasteiger partial charge in [-0.25, -0.2) is 9.97 Å². The number of fused-ring (bicyclic) bond motifs is 1. The van der Waals surface area contributed by atoms with E-state index in [0.29, 0.717) is 11.4 Å². The third-order valence-corrected chi connectivity index (χ3v) is 5.25. The van der Waals surface area contributed by atoms with Crippen molar-refractivity contribution in [3.8, 4) is 5.88 Å². The lowest BCUT2D eigenvalue weighted by molar-refractivity contribution is 0.457. The van der Waals surface area contributed by atoms with Crippen molar-refractivity contribution in [2.45, 2.75) is 6.42 Å². The number of aromatic hydroxyl groups is 1. The number of azo groups is 1. The first-order valence-electron chi connectivity index (χ1n) is 7.28. The number of hydrogen-bond acceptors (Lipinski definition) is 7. The molecule has 0 aliphatic rings. The highest BCUT2D eigenvalue weighted by molar-refractivity contribution is 7.19. The first-order chi connectivity index (χ1) is 11.8. The van der Waals surface area contributed by atoms with Gasteiger partial charge in [-0.15, -0.1) is 21.6 Å². The van der Waals surface area contributed by atoms with Crippen molar-refractivity contribution in [1.29, 1.82) is 0 Å². The van der Waals surface area contributed by atoms with Gasteiger partial charge in [0.1, 0.15) is 10.0 Å². The predicted molar refractivity (Wildman–Crippen MR) is 96.8 cm³/mol. The predicted octanol–water partition coefficient (Wildman–Crippen LogP) is 5.46. The van der Waals surface area contributed by atoms with E-state index in [1.165, 1.54) is 11.3 Å². The van der Waals surface area contributed by atoms with E-state index in [1.54, 1.807) is 11.3 Å². The summed E-state index contributed by atoms with van der Waals surface area (Å²) < 4.78 is 1.15. The zero-order valence-corrected chi connectivity index (χ0v) is 14.1. The first kappa shape index (κ1) is 14.9. The third kappa shape index (κ3) is 3.17. The maximum atomic E-state index is 9.96. The number of para-hydroxylation sites is 1. The van der Waals surface area contributed by atoms with Gasteiger partial charge in [0.25, 0.3) is 5.88 Å². The molecule has 2 aromatic heterocycles. The molecule has 0 aliphatic carbocycles. The Morgan fingerprint density at radius 1 is 0.833 bits per heavy atom. The summed E-state index contributed by atoms with van der Waals surface area (Å²) in [5, 5.41) is 20.3. The van der Waals surface area contributed by atoms with Crippen LogP contribution in [0.5, 0.6) is 5.88 Å². The Hall–Kier alpha value is -2.64. The van der Waals surface area contributed by atoms with E-state index in [9.17, 15) is 5.11 Å². The second kappa shape index (κ2) is 6.46. The summed E-state index contributed by atoms with van der Waals surface area (Å²) in [6.45, 7) is 0. The van der Waals surface area contributed by atoms with Gasteiger partial charge < -0.3 is 5.11 Å². The van der Waals surface area contributed by atoms with Crippen molar-refractivity contribution >= 4 is 43.6 Å². The second-order valence-electron chi connectivity index (χ2n) is 5.02. The van der Waals surface area contributed by atoms with Gasteiger partial charge in [-0.05, 0) is 24.3 Å². The molecule has 0 aliphatic heterocycles. The Kier molecular flexibility index (Phi) is 4.02. The fourth-order valence-corrected chi connectivity index (χ4v) is 4.06. The van der Waals surface area contributed by atoms with Crippen molar-refractivity contribution in [1.82, 2.24) is 9.97 Å². The smallest absolute Gasteiger partial charge is 0.251 e. The average Bonchev–Trinajstić information content (AvgIpc) is 3.16. The van der Waals surface area contributed by atoms with E-state index >= 15 is 0 Å². The zero-order valence-electron chi connectivity index (χ0n) is 12.5. The number of hydrogen-bond donors (Lipinski definition) is 1. The summed E-state index contributed by atoms with van der Waals surface area (Å²) in [6, 6.07) is 17.4. The van der Waals surface area contributed by atoms with Crippen LogP contribution in [0.1, 0.15) is 10.0 Å². The van der Waals surface area contributed by atoms with Crippen LogP contribution in [-0.2, 0) is 6.42 Å². The topological polar surface area (TPSA) is 70.7 Å². The number of rotatable bonds is 4. The molecule has 0 atom stereocenters. The van der Waals surface area contributed by atoms with E-state index in [0.717, 1.165) is 25.9 Å². The Labute approximate surface area is 146 Å². The lowest BCUT2D eigenvalue weighted by Gasteiger charge is -1.89. The van der Waals surface area contributed by atoms with E-state index in [1.807, 2.05) is 48.5 Å². The fraction of sp³-hybridized carbons (Fsp3) is 0.0588. The maximum absolute atomic E-state index is 9.96. The van der Waals surface area contributed by atoms with Crippen LogP contribution < -0.4 is 0 Å². The first-order valence-corrected chi connectivity index (χ1v) is 8.91. The van der Waals surface area contributed by atoms with Crippen molar-refractivity contribution in [3.05, 3.63) is 64.6 Å². The summed E-state index contributed by atoms with van der Waals surface area (Å²) in [5.74, 6) is -0.0872. The van der Waals surface area contributed by atoms with Crippen LogP contribution in [0.15, 0.2) is 64.8 Å². The zero-order chi connectivity index (χ0) is 16.4. The molecule has 0 bridgehead atoms. The van der Waals surface area contributed by atoms with Crippen LogP contribution in [0.4, 0.5) is 10.7 Å². The van der Waals surface area contributed by atoms with Gasteiger partial charge in [0.05, 0.1) is 22.3 Å². The number of thiazole rings is 2. The molecule has 2 aromatic carbocycles. The highest BCUT2D eigenvalue weighted by Gasteiger charge is 2.12. The normalized spacial score (nSPS) is 11.5. The molecule has 0 fully saturated rings. The maximum Gasteiger partial charge on any atom is 0.251 e. The molecule has 118 valence electrons. The standard InChI is InChI=1S/C17H12N4OS2/c22-16-17(21-20-11-6-2-1-3-7-11)24-15(19-16)10-14-18-12-8-4-5-9-13(12)23-14/h1-9,22H,10H2. The molecular weight excluding hydrogens is 340 g/mol. The molecule has 7 heteroatoms. The lowest BCUT2D eigenvalue weighted by atomic mass is 10.3. The largest absolute Gasteiger partial charge is 0.491 e. The van der Waals surface area contributed by atoms with E-state index in [-0.39, 0.29) is 5.88 Å². The quantitative estimate of drug-likeness (QED) is 0.495. The number of aromatic nitrogens is 2. The van der Waals surface area contributed by atoms with Crippen LogP contribution in [0.25, 0.3) is 10.2 Å². The minimum atomic E-state index is -0.0872. The summed E-state index contributed by atoms with van der Waals surface area (Å²) in [5.41, 5.74) is 1.72. The van der Waals surface area contributed by atoms with Crippen LogP contribution >= 0.6 is 22.7 Å². The second-order valence-corrected chi connectivity index (χ2v) is 7.20. The monoisotopic (exact) mass is 352 g/mol. The number of nitrogens with zero attached hydrogens (tertiary/aromatic N) is 4. The molecule has 5 nitrogen and oxygen atoms in total. The molecule has 4 rings (SSSR count). The van der Waals surface area contributed by atoms with Gasteiger partial charge in [-0.2, -0.15) is 0 Å². The molecule has 2 heterocycles. The molecule has 0 saturated heterocycles. The Morgan fingerprint density at radius 3 is 2.42 bits per heavy atom. The van der Waals surface area contributed by atoms with Gasteiger partial charge in [-0.1, -0.05) is 41.7 Å². The van der Waals surface area contributed by atoms with Gasteiger partial charge in [0.15, 0.2) is 0 Å². The van der Waals surface area contributed by atoms with E-state index in [4.69, 9.17) is 0 Å². The minimum Gasteiger partial charge on any atom is -0.491 e. The summed E-state index contributed by atoms with van der Waals surface area (Å²) in [7, 11) is 0. The summed E-state index contributed by atoms with van der Waals surface area (Å²) in [4.78, 5) is 8.77. The summed E-state index contributed by atoms with van der Waals surface area (Å²) >= 11 is 2.97. The third-order valence-electron chi connectivity index (χ3n) is 3.29. The van der Waals surface area contributed by atoms with E-state index < -0.39 is 0 Å². The van der Waals surface area contributed by atoms with Crippen molar-refractivity contribution < 1.29 is 5.11 Å². The highest BCUT2D eigenvalue weighted by atomic mass is 32.1. The molecule has 0 amide bonds. The fourth-order valence-electron chi connectivity index (χ4n) is 2.21. The van der Waals surface area contributed by atoms with E-state index in [2.05, 4.69) is 26.3 Å². The number of benzene rings is 2. The Morgan fingerprint density at radius 2 is 1.58 bits per heavy atom.